The number of hydrogen-bond acceptors (Lipinski definition) is 2. The van der Waals surface area contributed by atoms with Gasteiger partial charge in [-0.15, -0.1) is 0 Å². The standard InChI is InChI=1S/C9H18O2/c1-3-9(10)7(2)8-4-5-11-6-8/h7-10H,3-6H2,1-2H3. The van der Waals surface area contributed by atoms with Crippen LogP contribution in [0.4, 0.5) is 0 Å². The van der Waals surface area contributed by atoms with Crippen LogP contribution in [0.15, 0.2) is 0 Å². The Morgan fingerprint density at radius 3 is 2.82 bits per heavy atom. The van der Waals surface area contributed by atoms with Crippen molar-refractivity contribution in [2.75, 3.05) is 13.2 Å². The number of rotatable bonds is 3. The van der Waals surface area contributed by atoms with E-state index >= 15 is 0 Å². The summed E-state index contributed by atoms with van der Waals surface area (Å²) in [6.07, 6.45) is 1.84. The maximum absolute atomic E-state index is 9.53. The van der Waals surface area contributed by atoms with E-state index in [1.807, 2.05) is 6.92 Å². The van der Waals surface area contributed by atoms with E-state index in [-0.39, 0.29) is 6.10 Å². The highest BCUT2D eigenvalue weighted by Gasteiger charge is 2.26. The quantitative estimate of drug-likeness (QED) is 0.673. The van der Waals surface area contributed by atoms with Gasteiger partial charge in [0.2, 0.25) is 0 Å². The van der Waals surface area contributed by atoms with Gasteiger partial charge in [-0.2, -0.15) is 0 Å². The van der Waals surface area contributed by atoms with Crippen LogP contribution < -0.4 is 0 Å². The molecule has 3 unspecified atom stereocenters. The third-order valence-electron chi connectivity index (χ3n) is 2.73. The first-order chi connectivity index (χ1) is 5.25. The molecule has 0 aromatic rings. The number of hydrogen-bond donors (Lipinski definition) is 1. The fourth-order valence-electron chi connectivity index (χ4n) is 1.65. The summed E-state index contributed by atoms with van der Waals surface area (Å²) in [6.45, 7) is 5.87. The predicted molar refractivity (Wildman–Crippen MR) is 44.4 cm³/mol. The Balaban J connectivity index is 2.32. The van der Waals surface area contributed by atoms with E-state index in [1.165, 1.54) is 0 Å². The fourth-order valence-corrected chi connectivity index (χ4v) is 1.65. The summed E-state index contributed by atoms with van der Waals surface area (Å²) < 4.78 is 5.26. The zero-order valence-corrected chi connectivity index (χ0v) is 7.42. The molecule has 0 bridgehead atoms. The number of ether oxygens (including phenoxy) is 1. The zero-order valence-electron chi connectivity index (χ0n) is 7.42. The molecule has 1 rings (SSSR count). The van der Waals surface area contributed by atoms with Crippen molar-refractivity contribution in [3.8, 4) is 0 Å². The monoisotopic (exact) mass is 158 g/mol. The summed E-state index contributed by atoms with van der Waals surface area (Å²) in [5.41, 5.74) is 0. The highest BCUT2D eigenvalue weighted by Crippen LogP contribution is 2.25. The molecule has 1 heterocycles. The van der Waals surface area contributed by atoms with E-state index in [0.29, 0.717) is 11.8 Å². The molecule has 2 heteroatoms. The minimum atomic E-state index is -0.137. The van der Waals surface area contributed by atoms with Gasteiger partial charge in [-0.1, -0.05) is 13.8 Å². The smallest absolute Gasteiger partial charge is 0.0566 e. The number of aliphatic hydroxyl groups excluding tert-OH is 1. The van der Waals surface area contributed by atoms with E-state index in [4.69, 9.17) is 4.74 Å². The SMILES string of the molecule is CCC(O)C(C)C1CCOC1. The summed E-state index contributed by atoms with van der Waals surface area (Å²) in [5.74, 6) is 0.993. The second-order valence-electron chi connectivity index (χ2n) is 3.46. The first-order valence-electron chi connectivity index (χ1n) is 4.51. The topological polar surface area (TPSA) is 29.5 Å². The van der Waals surface area contributed by atoms with Crippen molar-refractivity contribution in [3.63, 3.8) is 0 Å². The van der Waals surface area contributed by atoms with Gasteiger partial charge in [0, 0.05) is 13.2 Å². The summed E-state index contributed by atoms with van der Waals surface area (Å²) >= 11 is 0. The van der Waals surface area contributed by atoms with Gasteiger partial charge in [-0.25, -0.2) is 0 Å². The summed E-state index contributed by atoms with van der Waals surface area (Å²) in [6, 6.07) is 0. The van der Waals surface area contributed by atoms with E-state index in [1.54, 1.807) is 0 Å². The second-order valence-corrected chi connectivity index (χ2v) is 3.46. The molecule has 1 fully saturated rings. The lowest BCUT2D eigenvalue weighted by Gasteiger charge is -2.22. The van der Waals surface area contributed by atoms with Crippen LogP contribution in [0.5, 0.6) is 0 Å². The highest BCUT2D eigenvalue weighted by molar-refractivity contribution is 4.75. The summed E-state index contributed by atoms with van der Waals surface area (Å²) in [4.78, 5) is 0. The lowest BCUT2D eigenvalue weighted by molar-refractivity contribution is 0.0716. The van der Waals surface area contributed by atoms with Crippen molar-refractivity contribution < 1.29 is 9.84 Å². The molecule has 0 aromatic heterocycles. The molecule has 1 aliphatic heterocycles. The molecule has 1 aliphatic rings. The minimum absolute atomic E-state index is 0.137. The van der Waals surface area contributed by atoms with Crippen LogP contribution in [-0.2, 0) is 4.74 Å². The Kier molecular flexibility index (Phi) is 3.34. The molecular weight excluding hydrogens is 140 g/mol. The first kappa shape index (κ1) is 9.01. The van der Waals surface area contributed by atoms with Gasteiger partial charge in [-0.05, 0) is 24.7 Å². The molecule has 0 amide bonds. The molecule has 1 N–H and O–H groups in total. The zero-order chi connectivity index (χ0) is 8.27. The Bertz CT molecular complexity index is 108. The van der Waals surface area contributed by atoms with E-state index in [0.717, 1.165) is 26.1 Å². The van der Waals surface area contributed by atoms with Crippen molar-refractivity contribution in [3.05, 3.63) is 0 Å². The predicted octanol–water partition coefficient (Wildman–Crippen LogP) is 1.43. The lowest BCUT2D eigenvalue weighted by Crippen LogP contribution is -2.24. The summed E-state index contributed by atoms with van der Waals surface area (Å²) in [5, 5.41) is 9.53. The van der Waals surface area contributed by atoms with Crippen molar-refractivity contribution in [1.82, 2.24) is 0 Å². The van der Waals surface area contributed by atoms with E-state index < -0.39 is 0 Å². The Morgan fingerprint density at radius 2 is 2.36 bits per heavy atom. The van der Waals surface area contributed by atoms with Gasteiger partial charge in [0.15, 0.2) is 0 Å². The normalized spacial score (nSPS) is 30.3. The Labute approximate surface area is 68.6 Å². The van der Waals surface area contributed by atoms with E-state index in [2.05, 4.69) is 6.92 Å². The third-order valence-corrected chi connectivity index (χ3v) is 2.73. The maximum Gasteiger partial charge on any atom is 0.0566 e. The molecule has 11 heavy (non-hydrogen) atoms. The average Bonchev–Trinajstić information content (AvgIpc) is 2.53. The fraction of sp³-hybridized carbons (Fsp3) is 1.00. The van der Waals surface area contributed by atoms with Crippen molar-refractivity contribution >= 4 is 0 Å². The van der Waals surface area contributed by atoms with Crippen LogP contribution in [0, 0.1) is 11.8 Å². The van der Waals surface area contributed by atoms with Crippen LogP contribution in [0.2, 0.25) is 0 Å². The van der Waals surface area contributed by atoms with Gasteiger partial charge in [0.05, 0.1) is 6.10 Å². The molecule has 1 saturated heterocycles. The molecular formula is C9H18O2. The molecule has 0 saturated carbocycles. The molecule has 66 valence electrons. The summed E-state index contributed by atoms with van der Waals surface area (Å²) in [7, 11) is 0. The first-order valence-corrected chi connectivity index (χ1v) is 4.51. The number of aliphatic hydroxyl groups is 1. The molecule has 0 spiro atoms. The third kappa shape index (κ3) is 2.17. The van der Waals surface area contributed by atoms with Crippen LogP contribution >= 0.6 is 0 Å². The Hall–Kier alpha value is -0.0800. The Morgan fingerprint density at radius 1 is 1.64 bits per heavy atom. The second kappa shape index (κ2) is 4.07. The molecule has 0 aliphatic carbocycles. The van der Waals surface area contributed by atoms with Crippen molar-refractivity contribution in [2.24, 2.45) is 11.8 Å². The van der Waals surface area contributed by atoms with Crippen molar-refractivity contribution in [2.45, 2.75) is 32.8 Å². The van der Waals surface area contributed by atoms with E-state index in [9.17, 15) is 5.11 Å². The van der Waals surface area contributed by atoms with Gasteiger partial charge < -0.3 is 9.84 Å². The maximum atomic E-state index is 9.53. The van der Waals surface area contributed by atoms with Crippen LogP contribution in [0.1, 0.15) is 26.7 Å². The van der Waals surface area contributed by atoms with Gasteiger partial charge >= 0.3 is 0 Å². The minimum Gasteiger partial charge on any atom is -0.393 e. The highest BCUT2D eigenvalue weighted by atomic mass is 16.5. The van der Waals surface area contributed by atoms with Crippen LogP contribution in [0.25, 0.3) is 0 Å². The van der Waals surface area contributed by atoms with Gasteiger partial charge in [0.25, 0.3) is 0 Å². The molecule has 2 nitrogen and oxygen atoms in total. The molecule has 0 radical (unpaired) electrons. The van der Waals surface area contributed by atoms with Crippen molar-refractivity contribution in [1.29, 1.82) is 0 Å². The largest absolute Gasteiger partial charge is 0.393 e. The molecule has 0 aromatic carbocycles. The lowest BCUT2D eigenvalue weighted by atomic mass is 9.88. The van der Waals surface area contributed by atoms with Gasteiger partial charge in [-0.3, -0.25) is 0 Å². The molecule has 3 atom stereocenters. The van der Waals surface area contributed by atoms with Crippen LogP contribution in [0.3, 0.4) is 0 Å². The average molecular weight is 158 g/mol. The van der Waals surface area contributed by atoms with Crippen LogP contribution in [-0.4, -0.2) is 24.4 Å². The van der Waals surface area contributed by atoms with Gasteiger partial charge in [0.1, 0.15) is 0 Å².